The van der Waals surface area contributed by atoms with Gasteiger partial charge in [0, 0.05) is 5.92 Å². The maximum atomic E-state index is 12.7. The van der Waals surface area contributed by atoms with Gasteiger partial charge in [-0.15, -0.1) is 0 Å². The number of benzene rings is 1. The van der Waals surface area contributed by atoms with Gasteiger partial charge in [-0.3, -0.25) is 9.59 Å². The summed E-state index contributed by atoms with van der Waals surface area (Å²) in [7, 11) is 0. The number of hydrogen-bond acceptors (Lipinski definition) is 2. The summed E-state index contributed by atoms with van der Waals surface area (Å²) in [5.41, 5.74) is -0.378. The summed E-state index contributed by atoms with van der Waals surface area (Å²) in [6.45, 7) is 7.49. The molecule has 1 fully saturated rings. The number of nitrogens with one attached hydrogen (secondary N) is 1. The van der Waals surface area contributed by atoms with Crippen LogP contribution < -0.4 is 5.32 Å². The molecule has 0 saturated heterocycles. The zero-order chi connectivity index (χ0) is 16.5. The molecule has 0 spiro atoms. The Labute approximate surface area is 131 Å². The summed E-state index contributed by atoms with van der Waals surface area (Å²) in [4.78, 5) is 24.3. The number of aliphatic carboxylic acids is 1. The molecule has 0 heterocycles. The van der Waals surface area contributed by atoms with Crippen molar-refractivity contribution in [2.45, 2.75) is 46.6 Å². The minimum Gasteiger partial charge on any atom is -0.481 e. The SMILES string of the molecule is CC(NC(=O)[C@@H]1CC[C@](C)(C(=O)O)C1(C)C)c1ccccc1. The van der Waals surface area contributed by atoms with E-state index < -0.39 is 16.8 Å². The second kappa shape index (κ2) is 5.75. The van der Waals surface area contributed by atoms with Gasteiger partial charge in [0.15, 0.2) is 0 Å². The molecule has 1 amide bonds. The molecule has 4 nitrogen and oxygen atoms in total. The lowest BCUT2D eigenvalue weighted by Gasteiger charge is -2.38. The lowest BCUT2D eigenvalue weighted by molar-refractivity contribution is -0.155. The molecule has 1 aliphatic carbocycles. The van der Waals surface area contributed by atoms with Crippen molar-refractivity contribution in [3.8, 4) is 0 Å². The van der Waals surface area contributed by atoms with Crippen LogP contribution in [0, 0.1) is 16.7 Å². The van der Waals surface area contributed by atoms with Gasteiger partial charge >= 0.3 is 5.97 Å². The van der Waals surface area contributed by atoms with Crippen LogP contribution in [-0.2, 0) is 9.59 Å². The van der Waals surface area contributed by atoms with Crippen LogP contribution in [0.2, 0.25) is 0 Å². The standard InChI is InChI=1S/C18H25NO3/c1-12(13-8-6-5-7-9-13)19-15(20)14-10-11-18(4,16(21)22)17(14,2)3/h5-9,12,14H,10-11H2,1-4H3,(H,19,20)(H,21,22)/t12?,14-,18+/m0/s1. The average Bonchev–Trinajstić information content (AvgIpc) is 2.71. The molecular formula is C18H25NO3. The van der Waals surface area contributed by atoms with E-state index in [4.69, 9.17) is 0 Å². The Bertz CT molecular complexity index is 567. The van der Waals surface area contributed by atoms with E-state index in [0.29, 0.717) is 12.8 Å². The highest BCUT2D eigenvalue weighted by Gasteiger charge is 2.58. The summed E-state index contributed by atoms with van der Waals surface area (Å²) in [6.07, 6.45) is 1.15. The molecule has 1 aliphatic rings. The van der Waals surface area contributed by atoms with Crippen molar-refractivity contribution >= 4 is 11.9 Å². The zero-order valence-corrected chi connectivity index (χ0v) is 13.7. The predicted octanol–water partition coefficient (Wildman–Crippen LogP) is 3.39. The van der Waals surface area contributed by atoms with Crippen molar-refractivity contribution in [1.29, 1.82) is 0 Å². The summed E-state index contributed by atoms with van der Waals surface area (Å²) in [6, 6.07) is 9.70. The predicted molar refractivity (Wildman–Crippen MR) is 85.2 cm³/mol. The molecule has 1 unspecified atom stereocenters. The van der Waals surface area contributed by atoms with Gasteiger partial charge in [0.1, 0.15) is 0 Å². The number of carboxylic acids is 1. The Morgan fingerprint density at radius 3 is 2.32 bits per heavy atom. The monoisotopic (exact) mass is 303 g/mol. The van der Waals surface area contributed by atoms with Crippen molar-refractivity contribution in [3.05, 3.63) is 35.9 Å². The van der Waals surface area contributed by atoms with Crippen LogP contribution in [0.5, 0.6) is 0 Å². The molecule has 0 bridgehead atoms. The second-order valence-corrected chi connectivity index (χ2v) is 7.09. The smallest absolute Gasteiger partial charge is 0.309 e. The first-order valence-electron chi connectivity index (χ1n) is 7.79. The van der Waals surface area contributed by atoms with Crippen molar-refractivity contribution < 1.29 is 14.7 Å². The second-order valence-electron chi connectivity index (χ2n) is 7.09. The van der Waals surface area contributed by atoms with Crippen molar-refractivity contribution in [2.24, 2.45) is 16.7 Å². The van der Waals surface area contributed by atoms with Gasteiger partial charge in [-0.2, -0.15) is 0 Å². The van der Waals surface area contributed by atoms with Crippen LogP contribution in [0.25, 0.3) is 0 Å². The van der Waals surface area contributed by atoms with Gasteiger partial charge in [-0.1, -0.05) is 44.2 Å². The fourth-order valence-corrected chi connectivity index (χ4v) is 3.48. The van der Waals surface area contributed by atoms with E-state index in [-0.39, 0.29) is 17.9 Å². The summed E-state index contributed by atoms with van der Waals surface area (Å²) in [5.74, 6) is -1.14. The van der Waals surface area contributed by atoms with Crippen LogP contribution in [0.15, 0.2) is 30.3 Å². The van der Waals surface area contributed by atoms with Gasteiger partial charge in [0.05, 0.1) is 11.5 Å². The molecule has 1 aromatic carbocycles. The minimum atomic E-state index is -0.856. The molecule has 3 atom stereocenters. The Morgan fingerprint density at radius 2 is 1.82 bits per heavy atom. The molecule has 1 saturated carbocycles. The fourth-order valence-electron chi connectivity index (χ4n) is 3.48. The first-order chi connectivity index (χ1) is 10.2. The van der Waals surface area contributed by atoms with Gasteiger partial charge < -0.3 is 10.4 Å². The third-order valence-electron chi connectivity index (χ3n) is 5.67. The first kappa shape index (κ1) is 16.5. The Kier molecular flexibility index (Phi) is 4.32. The summed E-state index contributed by atoms with van der Waals surface area (Å²) >= 11 is 0. The van der Waals surface area contributed by atoms with Crippen molar-refractivity contribution in [3.63, 3.8) is 0 Å². The Balaban J connectivity index is 2.13. The van der Waals surface area contributed by atoms with E-state index in [1.165, 1.54) is 0 Å². The van der Waals surface area contributed by atoms with Gasteiger partial charge in [0.25, 0.3) is 0 Å². The molecule has 1 aromatic rings. The number of hydrogen-bond donors (Lipinski definition) is 2. The normalized spacial score (nSPS) is 28.1. The van der Waals surface area contributed by atoms with Gasteiger partial charge in [-0.25, -0.2) is 0 Å². The maximum absolute atomic E-state index is 12.7. The van der Waals surface area contributed by atoms with Crippen molar-refractivity contribution in [1.82, 2.24) is 5.32 Å². The number of amides is 1. The van der Waals surface area contributed by atoms with E-state index in [2.05, 4.69) is 5.32 Å². The zero-order valence-electron chi connectivity index (χ0n) is 13.7. The highest BCUT2D eigenvalue weighted by atomic mass is 16.4. The van der Waals surface area contributed by atoms with Gasteiger partial charge in [0.2, 0.25) is 5.91 Å². The fraction of sp³-hybridized carbons (Fsp3) is 0.556. The van der Waals surface area contributed by atoms with Crippen LogP contribution in [0.3, 0.4) is 0 Å². The molecular weight excluding hydrogens is 278 g/mol. The molecule has 22 heavy (non-hydrogen) atoms. The third-order valence-corrected chi connectivity index (χ3v) is 5.67. The lowest BCUT2D eigenvalue weighted by atomic mass is 9.65. The molecule has 2 rings (SSSR count). The highest BCUT2D eigenvalue weighted by Crippen LogP contribution is 2.56. The van der Waals surface area contributed by atoms with Crippen LogP contribution >= 0.6 is 0 Å². The van der Waals surface area contributed by atoms with Crippen LogP contribution in [0.4, 0.5) is 0 Å². The summed E-state index contributed by atoms with van der Waals surface area (Å²) < 4.78 is 0. The topological polar surface area (TPSA) is 66.4 Å². The van der Waals surface area contributed by atoms with Crippen LogP contribution in [0.1, 0.15) is 52.1 Å². The van der Waals surface area contributed by atoms with Crippen LogP contribution in [-0.4, -0.2) is 17.0 Å². The highest BCUT2D eigenvalue weighted by molar-refractivity contribution is 5.84. The third kappa shape index (κ3) is 2.62. The van der Waals surface area contributed by atoms with Crippen molar-refractivity contribution in [2.75, 3.05) is 0 Å². The Hall–Kier alpha value is -1.84. The minimum absolute atomic E-state index is 0.0497. The van der Waals surface area contributed by atoms with E-state index >= 15 is 0 Å². The number of rotatable bonds is 4. The van der Waals surface area contributed by atoms with E-state index in [0.717, 1.165) is 5.56 Å². The Morgan fingerprint density at radius 1 is 1.23 bits per heavy atom. The lowest BCUT2D eigenvalue weighted by Crippen LogP contribution is -2.45. The first-order valence-corrected chi connectivity index (χ1v) is 7.79. The summed E-state index contributed by atoms with van der Waals surface area (Å²) in [5, 5.41) is 12.6. The molecule has 120 valence electrons. The largest absolute Gasteiger partial charge is 0.481 e. The molecule has 0 aromatic heterocycles. The maximum Gasteiger partial charge on any atom is 0.309 e. The molecule has 0 radical (unpaired) electrons. The number of carbonyl (C=O) groups excluding carboxylic acids is 1. The average molecular weight is 303 g/mol. The molecule has 2 N–H and O–H groups in total. The molecule has 4 heteroatoms. The quantitative estimate of drug-likeness (QED) is 0.896. The van der Waals surface area contributed by atoms with Gasteiger partial charge in [-0.05, 0) is 37.7 Å². The number of carboxylic acid groups (broad SMARTS) is 1. The number of carbonyl (C=O) groups is 2. The van der Waals surface area contributed by atoms with E-state index in [1.807, 2.05) is 51.1 Å². The van der Waals surface area contributed by atoms with E-state index in [9.17, 15) is 14.7 Å². The molecule has 0 aliphatic heterocycles. The van der Waals surface area contributed by atoms with E-state index in [1.54, 1.807) is 6.92 Å².